The van der Waals surface area contributed by atoms with E-state index in [0.29, 0.717) is 16.3 Å². The number of hydrogen-bond acceptors (Lipinski definition) is 5. The Balaban J connectivity index is 1.70. The Morgan fingerprint density at radius 1 is 1.03 bits per heavy atom. The number of nitrogens with zero attached hydrogens (tertiary/aromatic N) is 1. The van der Waals surface area contributed by atoms with Crippen LogP contribution in [0.3, 0.4) is 0 Å². The molecule has 0 saturated carbocycles. The number of amides is 1. The van der Waals surface area contributed by atoms with Crippen LogP contribution in [0.2, 0.25) is 5.02 Å². The third-order valence-electron chi connectivity index (χ3n) is 5.61. The number of hydrogen-bond donors (Lipinski definition) is 1. The highest BCUT2D eigenvalue weighted by Gasteiger charge is 2.23. The molecule has 3 aromatic carbocycles. The van der Waals surface area contributed by atoms with Crippen LogP contribution in [0.1, 0.15) is 22.7 Å². The molecule has 176 valence electrons. The van der Waals surface area contributed by atoms with Crippen LogP contribution >= 0.6 is 11.6 Å². The Morgan fingerprint density at radius 3 is 2.44 bits per heavy atom. The van der Waals surface area contributed by atoms with E-state index in [-0.39, 0.29) is 17.4 Å². The molecule has 1 unspecified atom stereocenters. The van der Waals surface area contributed by atoms with Gasteiger partial charge in [-0.05, 0) is 59.7 Å². The number of halogens is 1. The lowest BCUT2D eigenvalue weighted by atomic mass is 9.97. The molecule has 1 aliphatic heterocycles. The van der Waals surface area contributed by atoms with Crippen molar-refractivity contribution in [2.24, 2.45) is 0 Å². The summed E-state index contributed by atoms with van der Waals surface area (Å²) in [6.07, 6.45) is 2.95. The van der Waals surface area contributed by atoms with Crippen LogP contribution in [-0.2, 0) is 14.6 Å². The zero-order valence-corrected chi connectivity index (χ0v) is 20.7. The molecule has 0 aromatic heterocycles. The van der Waals surface area contributed by atoms with Gasteiger partial charge in [0.25, 0.3) is 5.91 Å². The first-order valence-corrected chi connectivity index (χ1v) is 12.9. The number of sulfone groups is 1. The number of ether oxygens (including phenoxy) is 1. The number of carbonyl (C=O) groups is 1. The van der Waals surface area contributed by atoms with Crippen molar-refractivity contribution in [3.63, 3.8) is 0 Å². The summed E-state index contributed by atoms with van der Waals surface area (Å²) in [5.41, 5.74) is 3.82. The maximum absolute atomic E-state index is 13.3. The van der Waals surface area contributed by atoms with Crippen molar-refractivity contribution in [1.29, 1.82) is 0 Å². The van der Waals surface area contributed by atoms with E-state index in [9.17, 15) is 13.2 Å². The fourth-order valence-electron chi connectivity index (χ4n) is 3.75. The van der Waals surface area contributed by atoms with Gasteiger partial charge in [0.05, 0.1) is 16.5 Å². The summed E-state index contributed by atoms with van der Waals surface area (Å²) in [6.45, 7) is 0.137. The Hall–Kier alpha value is -3.29. The lowest BCUT2D eigenvalue weighted by molar-refractivity contribution is -0.118. The molecule has 0 spiro atoms. The molecule has 1 amide bonds. The standard InChI is InChI=1S/C26H25ClN2O4S/c1-29(2)22-6-4-5-18(15-22)25(17-7-10-23(11-8-17)34(3,31)32)28-26(30)20-13-19-14-21(27)9-12-24(19)33-16-20/h4-15,25H,16H2,1-3H3,(H,28,30). The molecule has 1 heterocycles. The van der Waals surface area contributed by atoms with Crippen LogP contribution in [0.5, 0.6) is 5.75 Å². The molecular weight excluding hydrogens is 472 g/mol. The average molecular weight is 497 g/mol. The zero-order valence-electron chi connectivity index (χ0n) is 19.1. The third kappa shape index (κ3) is 5.26. The van der Waals surface area contributed by atoms with Gasteiger partial charge in [0.1, 0.15) is 12.4 Å². The molecule has 4 rings (SSSR count). The van der Waals surface area contributed by atoms with Gasteiger partial charge in [-0.1, -0.05) is 35.9 Å². The number of carbonyl (C=O) groups excluding carboxylic acids is 1. The van der Waals surface area contributed by atoms with Crippen LogP contribution in [0.15, 0.2) is 77.2 Å². The minimum atomic E-state index is -3.33. The average Bonchev–Trinajstić information content (AvgIpc) is 2.81. The van der Waals surface area contributed by atoms with Gasteiger partial charge < -0.3 is 15.0 Å². The molecule has 0 saturated heterocycles. The molecule has 1 N–H and O–H groups in total. The molecule has 1 atom stereocenters. The molecule has 1 aliphatic rings. The molecule has 8 heteroatoms. The highest BCUT2D eigenvalue weighted by atomic mass is 35.5. The molecule has 0 bridgehead atoms. The molecular formula is C26H25ClN2O4S. The van der Waals surface area contributed by atoms with Crippen LogP contribution in [0.4, 0.5) is 5.69 Å². The molecule has 6 nitrogen and oxygen atoms in total. The van der Waals surface area contributed by atoms with Crippen LogP contribution in [0.25, 0.3) is 6.08 Å². The van der Waals surface area contributed by atoms with E-state index in [1.165, 1.54) is 6.26 Å². The van der Waals surface area contributed by atoms with Crippen molar-refractivity contribution in [2.45, 2.75) is 10.9 Å². The first-order valence-electron chi connectivity index (χ1n) is 10.6. The Bertz CT molecular complexity index is 1370. The van der Waals surface area contributed by atoms with Crippen LogP contribution in [0, 0.1) is 0 Å². The van der Waals surface area contributed by atoms with E-state index in [4.69, 9.17) is 16.3 Å². The topological polar surface area (TPSA) is 75.7 Å². The normalized spacial score (nSPS) is 13.8. The van der Waals surface area contributed by atoms with E-state index in [1.54, 1.807) is 48.5 Å². The minimum Gasteiger partial charge on any atom is -0.488 e. The molecule has 3 aromatic rings. The maximum Gasteiger partial charge on any atom is 0.251 e. The number of anilines is 1. The quantitative estimate of drug-likeness (QED) is 0.544. The van der Waals surface area contributed by atoms with E-state index in [2.05, 4.69) is 5.32 Å². The molecule has 0 radical (unpaired) electrons. The van der Waals surface area contributed by atoms with Crippen molar-refractivity contribution in [2.75, 3.05) is 31.9 Å². The second-order valence-corrected chi connectivity index (χ2v) is 10.8. The summed E-state index contributed by atoms with van der Waals surface area (Å²) in [7, 11) is 0.559. The highest BCUT2D eigenvalue weighted by Crippen LogP contribution is 2.31. The second kappa shape index (κ2) is 9.52. The predicted molar refractivity (Wildman–Crippen MR) is 135 cm³/mol. The van der Waals surface area contributed by atoms with E-state index < -0.39 is 15.9 Å². The van der Waals surface area contributed by atoms with E-state index in [0.717, 1.165) is 22.4 Å². The summed E-state index contributed by atoms with van der Waals surface area (Å²) in [5.74, 6) is 0.394. The van der Waals surface area contributed by atoms with Crippen molar-refractivity contribution < 1.29 is 17.9 Å². The van der Waals surface area contributed by atoms with Gasteiger partial charge in [-0.15, -0.1) is 0 Å². The fourth-order valence-corrected chi connectivity index (χ4v) is 4.56. The van der Waals surface area contributed by atoms with Crippen molar-refractivity contribution in [1.82, 2.24) is 5.32 Å². The van der Waals surface area contributed by atoms with Gasteiger partial charge in [-0.3, -0.25) is 4.79 Å². The molecule has 0 fully saturated rings. The van der Waals surface area contributed by atoms with E-state index >= 15 is 0 Å². The van der Waals surface area contributed by atoms with Gasteiger partial charge >= 0.3 is 0 Å². The summed E-state index contributed by atoms with van der Waals surface area (Å²) in [5, 5.41) is 3.66. The summed E-state index contributed by atoms with van der Waals surface area (Å²) in [6, 6.07) is 19.2. The number of rotatable bonds is 6. The lowest BCUT2D eigenvalue weighted by Crippen LogP contribution is -2.33. The van der Waals surface area contributed by atoms with Crippen molar-refractivity contribution in [3.8, 4) is 5.75 Å². The molecule has 0 aliphatic carbocycles. The monoisotopic (exact) mass is 496 g/mol. The summed E-state index contributed by atoms with van der Waals surface area (Å²) >= 11 is 6.10. The second-order valence-electron chi connectivity index (χ2n) is 8.38. The predicted octanol–water partition coefficient (Wildman–Crippen LogP) is 4.49. The van der Waals surface area contributed by atoms with Gasteiger partial charge in [0.2, 0.25) is 0 Å². The SMILES string of the molecule is CN(C)c1cccc(C(NC(=O)C2=Cc3cc(Cl)ccc3OC2)c2ccc(S(C)(=O)=O)cc2)c1. The van der Waals surface area contributed by atoms with Crippen molar-refractivity contribution >= 4 is 39.1 Å². The maximum atomic E-state index is 13.3. The third-order valence-corrected chi connectivity index (χ3v) is 6.98. The Morgan fingerprint density at radius 2 is 1.76 bits per heavy atom. The highest BCUT2D eigenvalue weighted by molar-refractivity contribution is 7.90. The first-order chi connectivity index (χ1) is 16.1. The number of nitrogens with one attached hydrogen (secondary N) is 1. The zero-order chi connectivity index (χ0) is 24.5. The van der Waals surface area contributed by atoms with Crippen molar-refractivity contribution in [3.05, 3.63) is 94.0 Å². The van der Waals surface area contributed by atoms with Gasteiger partial charge in [0.15, 0.2) is 9.84 Å². The largest absolute Gasteiger partial charge is 0.488 e. The number of fused-ring (bicyclic) bond motifs is 1. The van der Waals surface area contributed by atoms with Crippen LogP contribution < -0.4 is 15.0 Å². The smallest absolute Gasteiger partial charge is 0.251 e. The summed E-state index contributed by atoms with van der Waals surface area (Å²) in [4.78, 5) is 15.5. The Kier molecular flexibility index (Phi) is 6.68. The minimum absolute atomic E-state index is 0.137. The molecule has 34 heavy (non-hydrogen) atoms. The first kappa shape index (κ1) is 23.9. The van der Waals surface area contributed by atoms with Crippen LogP contribution in [-0.4, -0.2) is 41.3 Å². The summed E-state index contributed by atoms with van der Waals surface area (Å²) < 4.78 is 29.6. The van der Waals surface area contributed by atoms with Gasteiger partial charge in [0, 0.05) is 36.6 Å². The van der Waals surface area contributed by atoms with Gasteiger partial charge in [-0.2, -0.15) is 0 Å². The van der Waals surface area contributed by atoms with E-state index in [1.807, 2.05) is 43.3 Å². The number of benzene rings is 3. The van der Waals surface area contributed by atoms with Gasteiger partial charge in [-0.25, -0.2) is 8.42 Å². The Labute approximate surface area is 204 Å². The fraction of sp³-hybridized carbons (Fsp3) is 0.192. The lowest BCUT2D eigenvalue weighted by Gasteiger charge is -2.24.